The number of oxazole rings is 1. The topological polar surface area (TPSA) is 141 Å². The van der Waals surface area contributed by atoms with E-state index in [1.54, 1.807) is 58.0 Å². The predicted octanol–water partition coefficient (Wildman–Crippen LogP) is 4.39. The van der Waals surface area contributed by atoms with Crippen LogP contribution in [0.1, 0.15) is 32.1 Å². The molecule has 0 saturated carbocycles. The minimum absolute atomic E-state index is 0. The first-order valence-corrected chi connectivity index (χ1v) is 15.9. The van der Waals surface area contributed by atoms with Crippen LogP contribution in [-0.2, 0) is 26.8 Å². The Balaban J connectivity index is 0.00000441. The Morgan fingerprint density at radius 2 is 1.77 bits per heavy atom. The number of benzene rings is 2. The van der Waals surface area contributed by atoms with Crippen LogP contribution in [0.2, 0.25) is 10.0 Å². The summed E-state index contributed by atoms with van der Waals surface area (Å²) in [6.45, 7) is 2.37. The number of rotatable bonds is 11. The number of hydrogen-bond acceptors (Lipinski definition) is 8. The van der Waals surface area contributed by atoms with Crippen LogP contribution in [0.15, 0.2) is 58.3 Å². The molecule has 1 aliphatic heterocycles. The van der Waals surface area contributed by atoms with Gasteiger partial charge in [0.2, 0.25) is 11.5 Å². The molecule has 0 unspecified atom stereocenters. The van der Waals surface area contributed by atoms with Crippen LogP contribution in [0.4, 0.5) is 5.69 Å². The fraction of sp³-hybridized carbons (Fsp3) is 0.320. The van der Waals surface area contributed by atoms with Crippen molar-refractivity contribution in [3.63, 3.8) is 0 Å². The van der Waals surface area contributed by atoms with E-state index in [0.717, 1.165) is 5.57 Å². The van der Waals surface area contributed by atoms with Gasteiger partial charge in [0.25, 0.3) is 15.6 Å². The van der Waals surface area contributed by atoms with Crippen molar-refractivity contribution in [3.8, 4) is 5.75 Å². The van der Waals surface area contributed by atoms with E-state index in [2.05, 4.69) is 0 Å². The van der Waals surface area contributed by atoms with Gasteiger partial charge in [0, 0.05) is 70.5 Å². The summed E-state index contributed by atoms with van der Waals surface area (Å²) in [4.78, 5) is 1.78. The van der Waals surface area contributed by atoms with Gasteiger partial charge in [0.15, 0.2) is 12.3 Å². The minimum Gasteiger partial charge on any atom is -0.748 e. The molecule has 0 saturated heterocycles. The standard InChI is InChI=1S/C25H26Cl2N2O8S2.Na/c1-2-17(13-24-28(9-3-11-38(30,31)32)20-15-18(26)5-7-22(20)36-24)14-25-29(10-4-12-39(33,34)35)21-16-19(27)6-8-23(21)37-25;/h5-8,13-16H,2-4,9-12H2,1H3,(H-,30,31,32,33,34,35);. The molecule has 0 fully saturated rings. The van der Waals surface area contributed by atoms with Gasteiger partial charge in [0.1, 0.15) is 0 Å². The third-order valence-corrected chi connectivity index (χ3v) is 8.03. The molecule has 1 aromatic heterocycles. The molecular weight excluding hydrogens is 614 g/mol. The molecule has 15 heteroatoms. The van der Waals surface area contributed by atoms with Gasteiger partial charge >= 0.3 is 5.89 Å². The number of nitrogens with zero attached hydrogens (tertiary/aromatic N) is 2. The van der Waals surface area contributed by atoms with Gasteiger partial charge < -0.3 is 18.6 Å². The Kier molecular flexibility index (Phi) is 11.2. The van der Waals surface area contributed by atoms with Crippen LogP contribution in [0.3, 0.4) is 0 Å². The van der Waals surface area contributed by atoms with Crippen molar-refractivity contribution in [2.75, 3.05) is 23.0 Å². The van der Waals surface area contributed by atoms with E-state index in [4.69, 9.17) is 36.9 Å². The Bertz CT molecular complexity index is 1670. The zero-order valence-electron chi connectivity index (χ0n) is 21.8. The maximum absolute atomic E-state index is 11.3. The van der Waals surface area contributed by atoms with E-state index in [0.29, 0.717) is 50.8 Å². The molecule has 1 radical (unpaired) electrons. The molecule has 1 N–H and O–H groups in total. The Labute approximate surface area is 265 Å². The minimum atomic E-state index is -4.38. The van der Waals surface area contributed by atoms with E-state index in [9.17, 15) is 21.4 Å². The molecule has 211 valence electrons. The molecule has 2 aromatic carbocycles. The van der Waals surface area contributed by atoms with Crippen LogP contribution in [0.5, 0.6) is 5.75 Å². The maximum Gasteiger partial charge on any atom is 0.374 e. The molecule has 4 rings (SSSR count). The average molecular weight is 641 g/mol. The molecule has 0 amide bonds. The van der Waals surface area contributed by atoms with Crippen LogP contribution in [-0.4, -0.2) is 73.5 Å². The van der Waals surface area contributed by atoms with Crippen molar-refractivity contribution < 1.29 is 39.7 Å². The first-order valence-electron chi connectivity index (χ1n) is 12.0. The maximum atomic E-state index is 11.3. The number of aryl methyl sites for hydroxylation is 1. The first-order chi connectivity index (χ1) is 18.3. The van der Waals surface area contributed by atoms with Crippen LogP contribution < -0.4 is 14.2 Å². The van der Waals surface area contributed by atoms with Gasteiger partial charge in [0.05, 0.1) is 27.6 Å². The molecule has 40 heavy (non-hydrogen) atoms. The van der Waals surface area contributed by atoms with Crippen molar-refractivity contribution in [1.29, 1.82) is 0 Å². The van der Waals surface area contributed by atoms with Crippen LogP contribution in [0.25, 0.3) is 17.2 Å². The van der Waals surface area contributed by atoms with Gasteiger partial charge in [-0.3, -0.25) is 4.55 Å². The fourth-order valence-electron chi connectivity index (χ4n) is 4.19. The number of halogens is 2. The summed E-state index contributed by atoms with van der Waals surface area (Å²) in [7, 11) is -8.51. The second kappa shape index (κ2) is 13.6. The molecule has 3 aromatic rings. The van der Waals surface area contributed by atoms with E-state index >= 15 is 0 Å². The Hall–Kier alpha value is -1.61. The second-order valence-electron chi connectivity index (χ2n) is 8.88. The average Bonchev–Trinajstić information content (AvgIpc) is 3.34. The van der Waals surface area contributed by atoms with Crippen molar-refractivity contribution in [2.45, 2.75) is 32.7 Å². The molecule has 1 aliphatic rings. The van der Waals surface area contributed by atoms with Gasteiger partial charge in [-0.05, 0) is 48.7 Å². The third-order valence-electron chi connectivity index (χ3n) is 5.97. The monoisotopic (exact) mass is 639 g/mol. The Morgan fingerprint density at radius 1 is 1.07 bits per heavy atom. The first kappa shape index (κ1) is 32.9. The molecule has 0 bridgehead atoms. The summed E-state index contributed by atoms with van der Waals surface area (Å²) in [5.41, 5.74) is 2.61. The summed E-state index contributed by atoms with van der Waals surface area (Å²) in [5, 5.41) is 0.949. The zero-order chi connectivity index (χ0) is 28.4. The number of allylic oxidation sites excluding steroid dienone is 2. The number of ether oxygens (including phenoxy) is 1. The van der Waals surface area contributed by atoms with E-state index < -0.39 is 31.7 Å². The summed E-state index contributed by atoms with van der Waals surface area (Å²) in [6.07, 6.45) is 4.34. The second-order valence-corrected chi connectivity index (χ2v) is 12.8. The number of fused-ring (bicyclic) bond motifs is 2. The molecular formula is C25H26Cl2N2NaO8S2. The van der Waals surface area contributed by atoms with Gasteiger partial charge in [-0.2, -0.15) is 13.0 Å². The molecule has 2 heterocycles. The van der Waals surface area contributed by atoms with E-state index in [-0.39, 0.29) is 55.5 Å². The van der Waals surface area contributed by atoms with Crippen molar-refractivity contribution in [2.24, 2.45) is 0 Å². The predicted molar refractivity (Wildman–Crippen MR) is 153 cm³/mol. The normalized spacial score (nSPS) is 14.9. The zero-order valence-corrected chi connectivity index (χ0v) is 27.0. The van der Waals surface area contributed by atoms with Crippen molar-refractivity contribution >= 4 is 95.9 Å². The van der Waals surface area contributed by atoms with Gasteiger partial charge in [-0.1, -0.05) is 30.1 Å². The molecule has 0 aliphatic carbocycles. The number of hydrogen-bond donors (Lipinski definition) is 1. The van der Waals surface area contributed by atoms with E-state index in [1.165, 1.54) is 0 Å². The number of anilines is 1. The molecule has 0 spiro atoms. The smallest absolute Gasteiger partial charge is 0.374 e. The quantitative estimate of drug-likeness (QED) is 0.184. The van der Waals surface area contributed by atoms with Crippen LogP contribution in [0, 0.1) is 0 Å². The molecule has 0 atom stereocenters. The van der Waals surface area contributed by atoms with Crippen molar-refractivity contribution in [1.82, 2.24) is 0 Å². The summed E-state index contributed by atoms with van der Waals surface area (Å²) >= 11 is 12.4. The summed E-state index contributed by atoms with van der Waals surface area (Å²) < 4.78 is 79.0. The van der Waals surface area contributed by atoms with Gasteiger partial charge in [-0.15, -0.1) is 0 Å². The summed E-state index contributed by atoms with van der Waals surface area (Å²) in [5.74, 6) is 0.456. The SMILES string of the molecule is CCC(=Cc1oc2ccc(Cl)cc2[n+]1CCCS(=O)(=O)[O-])C=C1Oc2ccc(Cl)cc2N1CCCS(=O)(=O)O.[Na]. The van der Waals surface area contributed by atoms with Gasteiger partial charge in [-0.25, -0.2) is 8.42 Å². The number of aromatic nitrogens is 1. The van der Waals surface area contributed by atoms with Crippen LogP contribution >= 0.6 is 23.2 Å². The molecule has 10 nitrogen and oxygen atoms in total. The Morgan fingerprint density at radius 3 is 2.45 bits per heavy atom. The largest absolute Gasteiger partial charge is 0.748 e. The third kappa shape index (κ3) is 8.70. The summed E-state index contributed by atoms with van der Waals surface area (Å²) in [6, 6.07) is 10.2. The van der Waals surface area contributed by atoms with Crippen molar-refractivity contribution in [3.05, 3.63) is 69.9 Å². The van der Waals surface area contributed by atoms with E-state index in [1.807, 2.05) is 6.92 Å². The fourth-order valence-corrected chi connectivity index (χ4v) is 5.50.